The Morgan fingerprint density at radius 3 is 2.39 bits per heavy atom. The van der Waals surface area contributed by atoms with E-state index in [1.807, 2.05) is 0 Å². The lowest BCUT2D eigenvalue weighted by molar-refractivity contribution is -0.141. The van der Waals surface area contributed by atoms with E-state index in [1.165, 1.54) is 0 Å². The van der Waals surface area contributed by atoms with E-state index in [-0.39, 0.29) is 29.4 Å². The van der Waals surface area contributed by atoms with Crippen LogP contribution < -0.4 is 11.1 Å². The zero-order chi connectivity index (χ0) is 22.2. The number of fused-ring (bicyclic) bond motifs is 2. The van der Waals surface area contributed by atoms with Crippen LogP contribution in [0.15, 0.2) is 71.6 Å². The molecular weight excluding hydrogens is 400 g/mol. The first kappa shape index (κ1) is 20.2. The van der Waals surface area contributed by atoms with Gasteiger partial charge >= 0.3 is 11.9 Å². The van der Waals surface area contributed by atoms with Crippen molar-refractivity contribution in [2.75, 3.05) is 19.0 Å². The summed E-state index contributed by atoms with van der Waals surface area (Å²) in [6.07, 6.45) is 0. The normalized spacial score (nSPS) is 19.6. The highest BCUT2D eigenvalue weighted by atomic mass is 16.5. The molecule has 1 amide bonds. The number of hydrogen-bond acceptors (Lipinski definition) is 7. The van der Waals surface area contributed by atoms with E-state index in [9.17, 15) is 14.4 Å². The summed E-state index contributed by atoms with van der Waals surface area (Å²) < 4.78 is 16.0. The summed E-state index contributed by atoms with van der Waals surface area (Å²) in [7, 11) is 1.16. The summed E-state index contributed by atoms with van der Waals surface area (Å²) in [6, 6.07) is 15.5. The van der Waals surface area contributed by atoms with Gasteiger partial charge in [0.05, 0.1) is 13.7 Å². The van der Waals surface area contributed by atoms with Crippen LogP contribution in [0.2, 0.25) is 0 Å². The molecule has 2 heterocycles. The number of nitrogens with one attached hydrogen (secondary N) is 1. The fourth-order valence-corrected chi connectivity index (χ4v) is 4.04. The molecule has 8 heteroatoms. The number of benzene rings is 2. The zero-order valence-corrected chi connectivity index (χ0v) is 16.9. The number of ether oxygens (including phenoxy) is 3. The average molecular weight is 420 g/mol. The second kappa shape index (κ2) is 7.64. The van der Waals surface area contributed by atoms with Crippen molar-refractivity contribution in [1.82, 2.24) is 0 Å². The molecule has 8 nitrogen and oxygen atoms in total. The van der Waals surface area contributed by atoms with E-state index in [0.717, 1.165) is 7.11 Å². The number of anilines is 1. The van der Waals surface area contributed by atoms with Crippen LogP contribution in [-0.2, 0) is 34.0 Å². The van der Waals surface area contributed by atoms with Gasteiger partial charge in [-0.15, -0.1) is 0 Å². The van der Waals surface area contributed by atoms with Crippen LogP contribution >= 0.6 is 0 Å². The fourth-order valence-electron chi connectivity index (χ4n) is 4.04. The van der Waals surface area contributed by atoms with Crippen molar-refractivity contribution in [2.45, 2.75) is 12.3 Å². The Morgan fingerprint density at radius 2 is 1.71 bits per heavy atom. The number of carbonyl (C=O) groups is 3. The van der Waals surface area contributed by atoms with Gasteiger partial charge in [0.2, 0.25) is 11.8 Å². The Hall–Kier alpha value is -4.07. The number of para-hydroxylation sites is 1. The van der Waals surface area contributed by atoms with Crippen LogP contribution in [0.5, 0.6) is 0 Å². The van der Waals surface area contributed by atoms with Crippen molar-refractivity contribution in [3.05, 3.63) is 82.8 Å². The average Bonchev–Trinajstić information content (AvgIpc) is 3.06. The predicted octanol–water partition coefficient (Wildman–Crippen LogP) is 2.22. The number of methoxy groups -OCH3 is 1. The zero-order valence-electron chi connectivity index (χ0n) is 16.9. The minimum absolute atomic E-state index is 0.0380. The molecule has 0 saturated heterocycles. The van der Waals surface area contributed by atoms with Crippen LogP contribution in [0.1, 0.15) is 18.1 Å². The standard InChI is InChI=1S/C23H20N2O6/c1-3-30-21(27)16-18(13-9-5-4-6-10-13)31-19(24)17(20(26)29-2)23(16)14-11-7-8-12-15(14)25-22(23)28/h4-12H,3,24H2,1-2H3,(H,25,28)/t23-/m0/s1. The Kier molecular flexibility index (Phi) is 4.98. The van der Waals surface area contributed by atoms with Gasteiger partial charge in [-0.05, 0) is 13.0 Å². The maximum atomic E-state index is 13.6. The summed E-state index contributed by atoms with van der Waals surface area (Å²) in [4.78, 5) is 39.7. The lowest BCUT2D eigenvalue weighted by atomic mass is 9.67. The first-order chi connectivity index (χ1) is 15.0. The van der Waals surface area contributed by atoms with E-state index in [0.29, 0.717) is 16.8 Å². The molecule has 158 valence electrons. The molecule has 2 aromatic carbocycles. The molecule has 0 fully saturated rings. The molecule has 0 bridgehead atoms. The lowest BCUT2D eigenvalue weighted by Crippen LogP contribution is -2.48. The molecule has 0 saturated carbocycles. The minimum atomic E-state index is -1.90. The van der Waals surface area contributed by atoms with E-state index in [1.54, 1.807) is 61.5 Å². The van der Waals surface area contributed by atoms with Gasteiger partial charge in [-0.2, -0.15) is 0 Å². The Bertz CT molecular complexity index is 1150. The van der Waals surface area contributed by atoms with E-state index < -0.39 is 23.3 Å². The molecule has 0 aromatic heterocycles. The Labute approximate surface area is 178 Å². The maximum absolute atomic E-state index is 13.6. The SMILES string of the molecule is CCOC(=O)C1=C(c2ccccc2)OC(N)=C(C(=O)OC)[C@@]12C(=O)Nc1ccccc12. The van der Waals surface area contributed by atoms with Crippen LogP contribution in [0.25, 0.3) is 5.76 Å². The van der Waals surface area contributed by atoms with Gasteiger partial charge in [0.15, 0.2) is 0 Å². The smallest absolute Gasteiger partial charge is 0.340 e. The quantitative estimate of drug-likeness (QED) is 0.729. The van der Waals surface area contributed by atoms with E-state index >= 15 is 0 Å². The largest absolute Gasteiger partial charge is 0.465 e. The van der Waals surface area contributed by atoms with Crippen molar-refractivity contribution < 1.29 is 28.6 Å². The summed E-state index contributed by atoms with van der Waals surface area (Å²) in [5, 5.41) is 2.75. The van der Waals surface area contributed by atoms with Gasteiger partial charge in [0.25, 0.3) is 0 Å². The number of nitrogens with two attached hydrogens (primary N) is 1. The molecule has 0 radical (unpaired) electrons. The predicted molar refractivity (Wildman–Crippen MR) is 111 cm³/mol. The van der Waals surface area contributed by atoms with Crippen LogP contribution in [-0.4, -0.2) is 31.6 Å². The Balaban J connectivity index is 2.15. The third kappa shape index (κ3) is 2.87. The summed E-state index contributed by atoms with van der Waals surface area (Å²) in [5.41, 5.74) is 5.18. The number of esters is 2. The molecule has 4 rings (SSSR count). The van der Waals surface area contributed by atoms with Gasteiger partial charge in [-0.25, -0.2) is 9.59 Å². The Morgan fingerprint density at radius 1 is 1.03 bits per heavy atom. The van der Waals surface area contributed by atoms with Crippen LogP contribution in [0, 0.1) is 0 Å². The molecule has 2 aliphatic heterocycles. The molecule has 2 aliphatic rings. The number of carbonyl (C=O) groups excluding carboxylic acids is 3. The van der Waals surface area contributed by atoms with Gasteiger partial charge in [0, 0.05) is 16.8 Å². The third-order valence-electron chi connectivity index (χ3n) is 5.26. The van der Waals surface area contributed by atoms with Gasteiger partial charge in [-0.1, -0.05) is 48.5 Å². The van der Waals surface area contributed by atoms with Crippen molar-refractivity contribution in [2.24, 2.45) is 5.73 Å². The van der Waals surface area contributed by atoms with Crippen molar-refractivity contribution in [1.29, 1.82) is 0 Å². The van der Waals surface area contributed by atoms with Crippen molar-refractivity contribution >= 4 is 29.3 Å². The van der Waals surface area contributed by atoms with Gasteiger partial charge < -0.3 is 25.3 Å². The lowest BCUT2D eigenvalue weighted by Gasteiger charge is -2.36. The van der Waals surface area contributed by atoms with E-state index in [2.05, 4.69) is 5.32 Å². The second-order valence-electron chi connectivity index (χ2n) is 6.87. The topological polar surface area (TPSA) is 117 Å². The van der Waals surface area contributed by atoms with Crippen LogP contribution in [0.4, 0.5) is 5.69 Å². The molecule has 1 atom stereocenters. The molecule has 31 heavy (non-hydrogen) atoms. The van der Waals surface area contributed by atoms with Crippen molar-refractivity contribution in [3.63, 3.8) is 0 Å². The first-order valence-electron chi connectivity index (χ1n) is 9.61. The molecule has 0 aliphatic carbocycles. The van der Waals surface area contributed by atoms with Crippen molar-refractivity contribution in [3.8, 4) is 0 Å². The van der Waals surface area contributed by atoms with E-state index in [4.69, 9.17) is 19.9 Å². The second-order valence-corrected chi connectivity index (χ2v) is 6.87. The highest BCUT2D eigenvalue weighted by Gasteiger charge is 2.62. The number of amides is 1. The summed E-state index contributed by atoms with van der Waals surface area (Å²) >= 11 is 0. The molecule has 2 aromatic rings. The molecule has 1 spiro atoms. The molecule has 0 unspecified atom stereocenters. The highest BCUT2D eigenvalue weighted by Crippen LogP contribution is 2.53. The fraction of sp³-hybridized carbons (Fsp3) is 0.174. The molecular formula is C23H20N2O6. The third-order valence-corrected chi connectivity index (χ3v) is 5.26. The first-order valence-corrected chi connectivity index (χ1v) is 9.61. The van der Waals surface area contributed by atoms with Gasteiger partial charge in [0.1, 0.15) is 22.3 Å². The van der Waals surface area contributed by atoms with Crippen LogP contribution in [0.3, 0.4) is 0 Å². The summed E-state index contributed by atoms with van der Waals surface area (Å²) in [5.74, 6) is -2.61. The number of hydrogen-bond donors (Lipinski definition) is 2. The highest BCUT2D eigenvalue weighted by molar-refractivity contribution is 6.23. The minimum Gasteiger partial charge on any atom is -0.465 e. The van der Waals surface area contributed by atoms with Gasteiger partial charge in [-0.3, -0.25) is 4.79 Å². The maximum Gasteiger partial charge on any atom is 0.340 e. The monoisotopic (exact) mass is 420 g/mol. The molecule has 3 N–H and O–H groups in total. The summed E-state index contributed by atoms with van der Waals surface area (Å²) in [6.45, 7) is 1.70. The number of rotatable bonds is 4.